The molecular weight excluding hydrogens is 340 g/mol. The summed E-state index contributed by atoms with van der Waals surface area (Å²) in [6.07, 6.45) is 2.59. The lowest BCUT2D eigenvalue weighted by Gasteiger charge is -2.25. The van der Waals surface area contributed by atoms with Crippen LogP contribution in [0.2, 0.25) is 0 Å². The van der Waals surface area contributed by atoms with Gasteiger partial charge in [-0.3, -0.25) is 9.20 Å². The van der Waals surface area contributed by atoms with Gasteiger partial charge in [-0.25, -0.2) is 4.98 Å². The van der Waals surface area contributed by atoms with Gasteiger partial charge in [0, 0.05) is 12.7 Å². The Morgan fingerprint density at radius 2 is 1.96 bits per heavy atom. The minimum atomic E-state index is -0.106. The van der Waals surface area contributed by atoms with Crippen molar-refractivity contribution in [2.75, 3.05) is 27.7 Å². The Hall–Kier alpha value is -2.86. The average molecular weight is 366 g/mol. The summed E-state index contributed by atoms with van der Waals surface area (Å²) < 4.78 is 7.08. The van der Waals surface area contributed by atoms with E-state index in [-0.39, 0.29) is 11.9 Å². The molecule has 0 aliphatic carbocycles. The summed E-state index contributed by atoms with van der Waals surface area (Å²) in [5, 5.41) is 3.09. The fourth-order valence-corrected chi connectivity index (χ4v) is 3.23. The van der Waals surface area contributed by atoms with Crippen LogP contribution in [0.1, 0.15) is 34.7 Å². The van der Waals surface area contributed by atoms with Crippen molar-refractivity contribution in [3.63, 3.8) is 0 Å². The molecular formula is C21H26N4O2. The number of imidazole rings is 1. The van der Waals surface area contributed by atoms with Crippen LogP contribution < -0.4 is 10.1 Å². The smallest absolute Gasteiger partial charge is 0.270 e. The lowest BCUT2D eigenvalue weighted by molar-refractivity contribution is 0.0935. The minimum Gasteiger partial charge on any atom is -0.497 e. The van der Waals surface area contributed by atoms with Crippen molar-refractivity contribution in [1.82, 2.24) is 19.6 Å². The third-order valence-electron chi connectivity index (χ3n) is 4.73. The fourth-order valence-electron chi connectivity index (χ4n) is 3.23. The molecule has 1 aromatic carbocycles. The van der Waals surface area contributed by atoms with Gasteiger partial charge in [-0.1, -0.05) is 25.1 Å². The SMILES string of the molecule is CCc1nc2ccccn2c1C(=O)NCC(c1ccc(OC)cc1)N(C)C. The summed E-state index contributed by atoms with van der Waals surface area (Å²) in [5.41, 5.74) is 3.33. The molecule has 142 valence electrons. The van der Waals surface area contributed by atoms with Crippen LogP contribution in [0, 0.1) is 0 Å². The van der Waals surface area contributed by atoms with Gasteiger partial charge in [-0.15, -0.1) is 0 Å². The summed E-state index contributed by atoms with van der Waals surface area (Å²) in [6.45, 7) is 2.51. The first kappa shape index (κ1) is 18.9. The van der Waals surface area contributed by atoms with Gasteiger partial charge in [-0.2, -0.15) is 0 Å². The van der Waals surface area contributed by atoms with Crippen LogP contribution in [0.15, 0.2) is 48.7 Å². The predicted molar refractivity (Wildman–Crippen MR) is 106 cm³/mol. The number of amides is 1. The number of aromatic nitrogens is 2. The Morgan fingerprint density at radius 3 is 2.59 bits per heavy atom. The van der Waals surface area contributed by atoms with E-state index in [0.717, 1.165) is 22.7 Å². The maximum absolute atomic E-state index is 12.9. The number of likely N-dealkylation sites (N-methyl/N-ethyl adjacent to an activating group) is 1. The van der Waals surface area contributed by atoms with E-state index in [4.69, 9.17) is 4.74 Å². The predicted octanol–water partition coefficient (Wildman–Crippen LogP) is 2.94. The molecule has 2 heterocycles. The average Bonchev–Trinajstić information content (AvgIpc) is 3.07. The van der Waals surface area contributed by atoms with Crippen LogP contribution in [0.4, 0.5) is 0 Å². The Bertz CT molecular complexity index is 916. The number of aryl methyl sites for hydroxylation is 1. The Labute approximate surface area is 159 Å². The number of nitrogens with one attached hydrogen (secondary N) is 1. The molecule has 3 aromatic rings. The molecule has 27 heavy (non-hydrogen) atoms. The van der Waals surface area contributed by atoms with Gasteiger partial charge in [0.05, 0.1) is 18.8 Å². The van der Waals surface area contributed by atoms with E-state index in [2.05, 4.69) is 15.2 Å². The van der Waals surface area contributed by atoms with E-state index in [1.54, 1.807) is 7.11 Å². The first-order valence-corrected chi connectivity index (χ1v) is 9.09. The number of pyridine rings is 1. The molecule has 0 fully saturated rings. The van der Waals surface area contributed by atoms with Crippen molar-refractivity contribution in [1.29, 1.82) is 0 Å². The molecule has 1 unspecified atom stereocenters. The highest BCUT2D eigenvalue weighted by Crippen LogP contribution is 2.21. The standard InChI is InChI=1S/C21H26N4O2/c1-5-17-20(25-13-7-6-8-19(25)23-17)21(26)22-14-18(24(2)3)15-9-11-16(27-4)12-10-15/h6-13,18H,5,14H2,1-4H3,(H,22,26). The topological polar surface area (TPSA) is 58.9 Å². The molecule has 0 spiro atoms. The van der Waals surface area contributed by atoms with Gasteiger partial charge in [0.15, 0.2) is 0 Å². The van der Waals surface area contributed by atoms with E-state index < -0.39 is 0 Å². The quantitative estimate of drug-likeness (QED) is 0.698. The van der Waals surface area contributed by atoms with E-state index in [1.165, 1.54) is 0 Å². The number of rotatable bonds is 7. The zero-order valence-corrected chi connectivity index (χ0v) is 16.3. The van der Waals surface area contributed by atoms with Crippen molar-refractivity contribution < 1.29 is 9.53 Å². The van der Waals surface area contributed by atoms with Crippen molar-refractivity contribution >= 4 is 11.6 Å². The maximum Gasteiger partial charge on any atom is 0.270 e. The Balaban J connectivity index is 1.80. The van der Waals surface area contributed by atoms with Gasteiger partial charge in [0.1, 0.15) is 17.1 Å². The molecule has 6 nitrogen and oxygen atoms in total. The van der Waals surface area contributed by atoms with Crippen molar-refractivity contribution in [2.24, 2.45) is 0 Å². The Kier molecular flexibility index (Phi) is 5.76. The summed E-state index contributed by atoms with van der Waals surface area (Å²) >= 11 is 0. The van der Waals surface area contributed by atoms with Gasteiger partial charge < -0.3 is 15.0 Å². The number of hydrogen-bond donors (Lipinski definition) is 1. The highest BCUT2D eigenvalue weighted by atomic mass is 16.5. The fraction of sp³-hybridized carbons (Fsp3) is 0.333. The molecule has 1 atom stereocenters. The monoisotopic (exact) mass is 366 g/mol. The van der Waals surface area contributed by atoms with Gasteiger partial charge in [0.25, 0.3) is 5.91 Å². The first-order chi connectivity index (χ1) is 13.0. The van der Waals surface area contributed by atoms with Gasteiger partial charge in [-0.05, 0) is 50.3 Å². The zero-order chi connectivity index (χ0) is 19.4. The van der Waals surface area contributed by atoms with Crippen LogP contribution >= 0.6 is 0 Å². The van der Waals surface area contributed by atoms with Crippen molar-refractivity contribution in [3.8, 4) is 5.75 Å². The van der Waals surface area contributed by atoms with Crippen LogP contribution in [-0.4, -0.2) is 47.9 Å². The van der Waals surface area contributed by atoms with Crippen LogP contribution in [0.5, 0.6) is 5.75 Å². The lowest BCUT2D eigenvalue weighted by atomic mass is 10.1. The Morgan fingerprint density at radius 1 is 1.22 bits per heavy atom. The minimum absolute atomic E-state index is 0.0594. The highest BCUT2D eigenvalue weighted by Gasteiger charge is 2.20. The molecule has 0 saturated heterocycles. The van der Waals surface area contributed by atoms with E-state index in [9.17, 15) is 4.79 Å². The number of benzene rings is 1. The van der Waals surface area contributed by atoms with E-state index in [1.807, 2.05) is 74.1 Å². The van der Waals surface area contributed by atoms with E-state index >= 15 is 0 Å². The maximum atomic E-state index is 12.9. The summed E-state index contributed by atoms with van der Waals surface area (Å²) in [5.74, 6) is 0.713. The molecule has 2 aromatic heterocycles. The van der Waals surface area contributed by atoms with Crippen molar-refractivity contribution in [3.05, 3.63) is 65.6 Å². The van der Waals surface area contributed by atoms with Crippen molar-refractivity contribution in [2.45, 2.75) is 19.4 Å². The normalized spacial score (nSPS) is 12.3. The molecule has 1 amide bonds. The van der Waals surface area contributed by atoms with Crippen LogP contribution in [-0.2, 0) is 6.42 Å². The second-order valence-electron chi connectivity index (χ2n) is 6.65. The molecule has 3 rings (SSSR count). The molecule has 6 heteroatoms. The number of carbonyl (C=O) groups excluding carboxylic acids is 1. The number of methoxy groups -OCH3 is 1. The second-order valence-corrected chi connectivity index (χ2v) is 6.65. The van der Waals surface area contributed by atoms with Crippen LogP contribution in [0.25, 0.3) is 5.65 Å². The molecule has 0 aliphatic rings. The largest absolute Gasteiger partial charge is 0.497 e. The number of carbonyl (C=O) groups is 1. The van der Waals surface area contributed by atoms with Crippen LogP contribution in [0.3, 0.4) is 0 Å². The van der Waals surface area contributed by atoms with Gasteiger partial charge in [0.2, 0.25) is 0 Å². The number of ether oxygens (including phenoxy) is 1. The summed E-state index contributed by atoms with van der Waals surface area (Å²) in [4.78, 5) is 19.6. The molecule has 0 saturated carbocycles. The highest BCUT2D eigenvalue weighted by molar-refractivity contribution is 5.94. The molecule has 1 N–H and O–H groups in total. The lowest BCUT2D eigenvalue weighted by Crippen LogP contribution is -2.35. The summed E-state index contributed by atoms with van der Waals surface area (Å²) in [7, 11) is 5.67. The summed E-state index contributed by atoms with van der Waals surface area (Å²) in [6, 6.07) is 13.7. The first-order valence-electron chi connectivity index (χ1n) is 9.09. The second kappa shape index (κ2) is 8.22. The van der Waals surface area contributed by atoms with Gasteiger partial charge >= 0.3 is 0 Å². The molecule has 0 bridgehead atoms. The number of nitrogens with zero attached hydrogens (tertiary/aromatic N) is 3. The third-order valence-corrected chi connectivity index (χ3v) is 4.73. The van der Waals surface area contributed by atoms with E-state index in [0.29, 0.717) is 18.7 Å². The third kappa shape index (κ3) is 3.95. The number of hydrogen-bond acceptors (Lipinski definition) is 4. The number of fused-ring (bicyclic) bond motifs is 1. The zero-order valence-electron chi connectivity index (χ0n) is 16.3. The molecule has 0 radical (unpaired) electrons. The molecule has 0 aliphatic heterocycles.